The van der Waals surface area contributed by atoms with Crippen molar-refractivity contribution in [1.82, 2.24) is 4.72 Å². The number of nitrogens with one attached hydrogen (secondary N) is 1. The normalized spacial score (nSPS) is 20.7. The Morgan fingerprint density at radius 1 is 1.58 bits per heavy atom. The van der Waals surface area contributed by atoms with Crippen LogP contribution >= 0.6 is 0 Å². The van der Waals surface area contributed by atoms with Gasteiger partial charge in [-0.25, -0.2) is 4.72 Å². The topological polar surface area (TPSA) is 72.5 Å². The molecule has 12 heavy (non-hydrogen) atoms. The fourth-order valence-corrected chi connectivity index (χ4v) is 1.30. The summed E-state index contributed by atoms with van der Waals surface area (Å²) in [7, 11) is -4.11. The standard InChI is InChI=1S/C4H4FNO4S.Li.H/c1-2-3(5)4(7)6-11(8,9)10-2;;/h1H3,(H,6,7);;/q;+1;-1. The summed E-state index contributed by atoms with van der Waals surface area (Å²) >= 11 is 0. The summed E-state index contributed by atoms with van der Waals surface area (Å²) < 4.78 is 38.6. The van der Waals surface area contributed by atoms with E-state index in [1.807, 2.05) is 0 Å². The molecule has 0 unspecified atom stereocenters. The molecule has 64 valence electrons. The maximum absolute atomic E-state index is 12.4. The Morgan fingerprint density at radius 3 is 2.50 bits per heavy atom. The number of amides is 1. The Hall–Kier alpha value is -0.513. The first-order valence-corrected chi connectivity index (χ1v) is 3.96. The van der Waals surface area contributed by atoms with Crippen molar-refractivity contribution in [3.05, 3.63) is 11.6 Å². The molecule has 1 aliphatic heterocycles. The van der Waals surface area contributed by atoms with Crippen LogP contribution < -0.4 is 23.6 Å². The third-order valence-electron chi connectivity index (χ3n) is 0.961. The van der Waals surface area contributed by atoms with Crippen molar-refractivity contribution in [2.45, 2.75) is 6.92 Å². The Kier molecular flexibility index (Phi) is 3.32. The van der Waals surface area contributed by atoms with Gasteiger partial charge in [-0.2, -0.15) is 12.8 Å². The summed E-state index contributed by atoms with van der Waals surface area (Å²) in [5.41, 5.74) is 0. The molecule has 0 fully saturated rings. The van der Waals surface area contributed by atoms with E-state index in [0.29, 0.717) is 0 Å². The van der Waals surface area contributed by atoms with E-state index in [0.717, 1.165) is 6.92 Å². The van der Waals surface area contributed by atoms with Crippen LogP contribution in [0.3, 0.4) is 0 Å². The molecule has 0 aromatic rings. The largest absolute Gasteiger partial charge is 1.00 e. The van der Waals surface area contributed by atoms with Crippen LogP contribution in [-0.4, -0.2) is 14.3 Å². The van der Waals surface area contributed by atoms with Crippen molar-refractivity contribution in [2.75, 3.05) is 0 Å². The van der Waals surface area contributed by atoms with Gasteiger partial charge in [0.1, 0.15) is 0 Å². The van der Waals surface area contributed by atoms with Crippen molar-refractivity contribution in [3.63, 3.8) is 0 Å². The molecule has 1 heterocycles. The minimum atomic E-state index is -4.11. The summed E-state index contributed by atoms with van der Waals surface area (Å²) in [5.74, 6) is -3.07. The summed E-state index contributed by atoms with van der Waals surface area (Å²) in [5, 5.41) is 0. The number of rotatable bonds is 0. The molecule has 0 aromatic heterocycles. The summed E-state index contributed by atoms with van der Waals surface area (Å²) in [6.07, 6.45) is 0. The van der Waals surface area contributed by atoms with Crippen molar-refractivity contribution in [1.29, 1.82) is 0 Å². The third kappa shape index (κ3) is 2.23. The Balaban J connectivity index is 0. The molecule has 0 aliphatic carbocycles. The Morgan fingerprint density at radius 2 is 2.08 bits per heavy atom. The molecule has 0 saturated carbocycles. The van der Waals surface area contributed by atoms with Crippen molar-refractivity contribution in [2.24, 2.45) is 0 Å². The molecule has 1 N–H and O–H groups in total. The fraction of sp³-hybridized carbons (Fsp3) is 0.250. The second-order valence-electron chi connectivity index (χ2n) is 1.84. The van der Waals surface area contributed by atoms with Gasteiger partial charge in [0.25, 0.3) is 5.91 Å². The Labute approximate surface area is 81.9 Å². The first-order chi connectivity index (χ1) is 4.92. The van der Waals surface area contributed by atoms with Crippen LogP contribution in [0.15, 0.2) is 11.6 Å². The zero-order valence-electron chi connectivity index (χ0n) is 7.42. The van der Waals surface area contributed by atoms with Gasteiger partial charge >= 0.3 is 29.2 Å². The first kappa shape index (κ1) is 11.5. The molecule has 0 atom stereocenters. The number of carbonyl (C=O) groups is 1. The summed E-state index contributed by atoms with van der Waals surface area (Å²) in [6.45, 7) is 1.05. The van der Waals surface area contributed by atoms with Gasteiger partial charge < -0.3 is 5.61 Å². The van der Waals surface area contributed by atoms with Gasteiger partial charge in [0, 0.05) is 0 Å². The molecule has 1 aliphatic rings. The Bertz CT molecular complexity index is 340. The quantitative estimate of drug-likeness (QED) is 0.405. The van der Waals surface area contributed by atoms with Gasteiger partial charge in [0.05, 0.1) is 0 Å². The average Bonchev–Trinajstić information content (AvgIpc) is 1.81. The number of halogens is 1. The molecule has 0 spiro atoms. The van der Waals surface area contributed by atoms with Crippen LogP contribution in [0.1, 0.15) is 8.35 Å². The zero-order chi connectivity index (χ0) is 8.65. The van der Waals surface area contributed by atoms with Crippen LogP contribution in [0.2, 0.25) is 0 Å². The van der Waals surface area contributed by atoms with E-state index in [2.05, 4.69) is 4.18 Å². The predicted octanol–water partition coefficient (Wildman–Crippen LogP) is -3.30. The van der Waals surface area contributed by atoms with E-state index in [9.17, 15) is 17.6 Å². The molecule has 1 amide bonds. The second kappa shape index (κ2) is 3.47. The van der Waals surface area contributed by atoms with E-state index >= 15 is 0 Å². The number of carbonyl (C=O) groups excluding carboxylic acids is 1. The van der Waals surface area contributed by atoms with E-state index in [4.69, 9.17) is 0 Å². The summed E-state index contributed by atoms with van der Waals surface area (Å²) in [6, 6.07) is 0. The minimum Gasteiger partial charge on any atom is -1.00 e. The molecular formula is C4H5FLiNO4S. The van der Waals surface area contributed by atoms with E-state index in [1.54, 1.807) is 0 Å². The molecule has 0 radical (unpaired) electrons. The van der Waals surface area contributed by atoms with Crippen LogP contribution in [0.25, 0.3) is 0 Å². The minimum absolute atomic E-state index is 0. The van der Waals surface area contributed by atoms with Gasteiger partial charge in [-0.3, -0.25) is 4.79 Å². The molecule has 1 rings (SSSR count). The maximum atomic E-state index is 12.4. The second-order valence-corrected chi connectivity index (χ2v) is 3.12. The monoisotopic (exact) mass is 189 g/mol. The average molecular weight is 189 g/mol. The van der Waals surface area contributed by atoms with Crippen molar-refractivity contribution >= 4 is 16.2 Å². The maximum Gasteiger partial charge on any atom is 1.00 e. The first-order valence-electron chi connectivity index (χ1n) is 2.55. The number of allylic oxidation sites excluding steroid dienone is 1. The van der Waals surface area contributed by atoms with Gasteiger partial charge in [-0.1, -0.05) is 0 Å². The molecule has 0 aromatic carbocycles. The number of hydrogen-bond donors (Lipinski definition) is 1. The fourth-order valence-electron chi connectivity index (χ4n) is 0.540. The third-order valence-corrected chi connectivity index (χ3v) is 1.87. The number of hydrogen-bond acceptors (Lipinski definition) is 4. The molecule has 5 nitrogen and oxygen atoms in total. The van der Waals surface area contributed by atoms with E-state index in [1.165, 1.54) is 4.72 Å². The van der Waals surface area contributed by atoms with Crippen LogP contribution in [0.5, 0.6) is 0 Å². The van der Waals surface area contributed by atoms with Crippen molar-refractivity contribution in [3.8, 4) is 0 Å². The molecule has 8 heteroatoms. The van der Waals surface area contributed by atoms with Gasteiger partial charge in [0.2, 0.25) is 5.83 Å². The van der Waals surface area contributed by atoms with Crippen LogP contribution in [-0.2, 0) is 19.3 Å². The predicted molar refractivity (Wildman–Crippen MR) is 33.1 cm³/mol. The zero-order valence-corrected chi connectivity index (χ0v) is 7.24. The van der Waals surface area contributed by atoms with Gasteiger partial charge in [-0.15, -0.1) is 0 Å². The van der Waals surface area contributed by atoms with E-state index in [-0.39, 0.29) is 20.3 Å². The van der Waals surface area contributed by atoms with Gasteiger partial charge in [-0.05, 0) is 6.92 Å². The summed E-state index contributed by atoms with van der Waals surface area (Å²) in [4.78, 5) is 10.4. The molecule has 0 saturated heterocycles. The van der Waals surface area contributed by atoms with E-state index < -0.39 is 27.8 Å². The molecule has 0 bridgehead atoms. The van der Waals surface area contributed by atoms with Gasteiger partial charge in [0.15, 0.2) is 5.76 Å². The SMILES string of the molecule is CC1=C(F)C(=O)NS(=O)(=O)O1.[H-].[Li+]. The molecular weight excluding hydrogens is 184 g/mol. The smallest absolute Gasteiger partial charge is 1.00 e. The van der Waals surface area contributed by atoms with Crippen LogP contribution in [0, 0.1) is 0 Å². The van der Waals surface area contributed by atoms with Crippen LogP contribution in [0.4, 0.5) is 4.39 Å². The van der Waals surface area contributed by atoms with Crippen molar-refractivity contribution < 1.29 is 42.1 Å².